The van der Waals surface area contributed by atoms with Gasteiger partial charge in [0.05, 0.1) is 0 Å². The zero-order valence-corrected chi connectivity index (χ0v) is 13.8. The SMILES string of the molecule is O=C(NC(CCN1CCSCC1)C(=O)O)OCc1ccccc1. The van der Waals surface area contributed by atoms with Crippen LogP contribution >= 0.6 is 11.8 Å². The zero-order chi connectivity index (χ0) is 16.5. The molecule has 1 amide bonds. The molecule has 2 rings (SSSR count). The van der Waals surface area contributed by atoms with Gasteiger partial charge in [-0.2, -0.15) is 11.8 Å². The Balaban J connectivity index is 1.74. The van der Waals surface area contributed by atoms with Crippen molar-refractivity contribution in [1.29, 1.82) is 0 Å². The van der Waals surface area contributed by atoms with E-state index in [4.69, 9.17) is 4.74 Å². The Bertz CT molecular complexity index is 506. The van der Waals surface area contributed by atoms with Gasteiger partial charge in [-0.15, -0.1) is 0 Å². The topological polar surface area (TPSA) is 78.9 Å². The van der Waals surface area contributed by atoms with Crippen LogP contribution in [-0.4, -0.2) is 59.3 Å². The predicted octanol–water partition coefficient (Wildman–Crippen LogP) is 1.80. The minimum Gasteiger partial charge on any atom is -0.480 e. The van der Waals surface area contributed by atoms with E-state index in [1.54, 1.807) is 0 Å². The van der Waals surface area contributed by atoms with Crippen molar-refractivity contribution in [3.05, 3.63) is 35.9 Å². The van der Waals surface area contributed by atoms with E-state index in [-0.39, 0.29) is 6.61 Å². The van der Waals surface area contributed by atoms with Crippen LogP contribution in [0.4, 0.5) is 4.79 Å². The number of aliphatic carboxylic acids is 1. The minimum atomic E-state index is -1.03. The highest BCUT2D eigenvalue weighted by Crippen LogP contribution is 2.10. The quantitative estimate of drug-likeness (QED) is 0.789. The second-order valence-corrected chi connectivity index (χ2v) is 6.56. The summed E-state index contributed by atoms with van der Waals surface area (Å²) in [6.07, 6.45) is -0.323. The van der Waals surface area contributed by atoms with Crippen molar-refractivity contribution < 1.29 is 19.4 Å². The Morgan fingerprint density at radius 2 is 1.96 bits per heavy atom. The molecule has 0 radical (unpaired) electrons. The van der Waals surface area contributed by atoms with Gasteiger partial charge in [0.2, 0.25) is 0 Å². The molecule has 23 heavy (non-hydrogen) atoms. The largest absolute Gasteiger partial charge is 0.480 e. The van der Waals surface area contributed by atoms with Crippen molar-refractivity contribution in [2.45, 2.75) is 19.1 Å². The Morgan fingerprint density at radius 1 is 1.26 bits per heavy atom. The van der Waals surface area contributed by atoms with Gasteiger partial charge in [0, 0.05) is 31.1 Å². The summed E-state index contributed by atoms with van der Waals surface area (Å²) >= 11 is 1.91. The molecule has 1 atom stereocenters. The molecule has 1 unspecified atom stereocenters. The summed E-state index contributed by atoms with van der Waals surface area (Å²) in [5.74, 6) is 1.11. The van der Waals surface area contributed by atoms with Crippen molar-refractivity contribution in [2.75, 3.05) is 31.1 Å². The highest BCUT2D eigenvalue weighted by Gasteiger charge is 2.22. The second-order valence-electron chi connectivity index (χ2n) is 5.34. The first kappa shape index (κ1) is 17.6. The van der Waals surface area contributed by atoms with E-state index in [2.05, 4.69) is 10.2 Å². The number of ether oxygens (including phenoxy) is 1. The fourth-order valence-electron chi connectivity index (χ4n) is 2.30. The van der Waals surface area contributed by atoms with E-state index in [0.29, 0.717) is 13.0 Å². The van der Waals surface area contributed by atoms with E-state index in [1.165, 1.54) is 0 Å². The standard InChI is InChI=1S/C16H22N2O4S/c19-15(20)14(6-7-18-8-10-23-11-9-18)17-16(21)22-12-13-4-2-1-3-5-13/h1-5,14H,6-12H2,(H,17,21)(H,19,20). The van der Waals surface area contributed by atoms with Gasteiger partial charge in [0.15, 0.2) is 0 Å². The maximum atomic E-state index is 11.8. The lowest BCUT2D eigenvalue weighted by Crippen LogP contribution is -2.44. The maximum absolute atomic E-state index is 11.8. The second kappa shape index (κ2) is 9.42. The van der Waals surface area contributed by atoms with Crippen molar-refractivity contribution in [2.24, 2.45) is 0 Å². The first-order valence-electron chi connectivity index (χ1n) is 7.65. The fraction of sp³-hybridized carbons (Fsp3) is 0.500. The Hall–Kier alpha value is -1.73. The molecule has 1 aliphatic rings. The number of hydrogen-bond donors (Lipinski definition) is 2. The van der Waals surface area contributed by atoms with Crippen LogP contribution in [0.15, 0.2) is 30.3 Å². The highest BCUT2D eigenvalue weighted by molar-refractivity contribution is 7.99. The molecular formula is C16H22N2O4S. The Labute approximate surface area is 140 Å². The monoisotopic (exact) mass is 338 g/mol. The maximum Gasteiger partial charge on any atom is 0.408 e. The first-order chi connectivity index (χ1) is 11.1. The van der Waals surface area contributed by atoms with Gasteiger partial charge in [-0.1, -0.05) is 30.3 Å². The summed E-state index contributed by atoms with van der Waals surface area (Å²) in [7, 11) is 0. The van der Waals surface area contributed by atoms with Crippen LogP contribution in [0.2, 0.25) is 0 Å². The summed E-state index contributed by atoms with van der Waals surface area (Å²) < 4.78 is 5.07. The molecule has 0 spiro atoms. The van der Waals surface area contributed by atoms with Gasteiger partial charge in [-0.05, 0) is 12.0 Å². The molecule has 126 valence electrons. The average molecular weight is 338 g/mol. The molecule has 1 aliphatic heterocycles. The number of carbonyl (C=O) groups excluding carboxylic acids is 1. The van der Waals surface area contributed by atoms with Crippen molar-refractivity contribution in [3.63, 3.8) is 0 Å². The van der Waals surface area contributed by atoms with Crippen LogP contribution in [0.25, 0.3) is 0 Å². The third kappa shape index (κ3) is 6.50. The van der Waals surface area contributed by atoms with Gasteiger partial charge < -0.3 is 20.1 Å². The van der Waals surface area contributed by atoms with Crippen LogP contribution in [0.3, 0.4) is 0 Å². The number of benzene rings is 1. The lowest BCUT2D eigenvalue weighted by molar-refractivity contribution is -0.139. The molecule has 0 bridgehead atoms. The molecule has 1 aromatic carbocycles. The molecule has 1 fully saturated rings. The van der Waals surface area contributed by atoms with Crippen molar-refractivity contribution in [3.8, 4) is 0 Å². The van der Waals surface area contributed by atoms with E-state index in [0.717, 1.165) is 30.2 Å². The van der Waals surface area contributed by atoms with Gasteiger partial charge in [0.1, 0.15) is 12.6 Å². The van der Waals surface area contributed by atoms with Gasteiger partial charge in [-0.3, -0.25) is 0 Å². The van der Waals surface area contributed by atoms with Crippen LogP contribution in [0.1, 0.15) is 12.0 Å². The van der Waals surface area contributed by atoms with Gasteiger partial charge in [-0.25, -0.2) is 9.59 Å². The number of nitrogens with one attached hydrogen (secondary N) is 1. The number of nitrogens with zero attached hydrogens (tertiary/aromatic N) is 1. The number of carbonyl (C=O) groups is 2. The smallest absolute Gasteiger partial charge is 0.408 e. The lowest BCUT2D eigenvalue weighted by atomic mass is 10.2. The molecule has 6 nitrogen and oxygen atoms in total. The van der Waals surface area contributed by atoms with E-state index >= 15 is 0 Å². The highest BCUT2D eigenvalue weighted by atomic mass is 32.2. The lowest BCUT2D eigenvalue weighted by Gasteiger charge is -2.27. The number of amides is 1. The number of hydrogen-bond acceptors (Lipinski definition) is 5. The summed E-state index contributed by atoms with van der Waals surface area (Å²) in [5.41, 5.74) is 0.861. The molecule has 2 N–H and O–H groups in total. The first-order valence-corrected chi connectivity index (χ1v) is 8.81. The van der Waals surface area contributed by atoms with E-state index in [1.807, 2.05) is 42.1 Å². The number of alkyl carbamates (subject to hydrolysis) is 1. The summed E-state index contributed by atoms with van der Waals surface area (Å²) in [6.45, 7) is 2.73. The summed E-state index contributed by atoms with van der Waals surface area (Å²) in [6, 6.07) is 8.35. The number of carboxylic acids is 1. The van der Waals surface area contributed by atoms with Crippen LogP contribution in [0.5, 0.6) is 0 Å². The minimum absolute atomic E-state index is 0.127. The van der Waals surface area contributed by atoms with Crippen LogP contribution in [0, 0.1) is 0 Å². The van der Waals surface area contributed by atoms with Crippen molar-refractivity contribution in [1.82, 2.24) is 10.2 Å². The molecule has 1 saturated heterocycles. The summed E-state index contributed by atoms with van der Waals surface area (Å²) in [5, 5.41) is 11.7. The normalized spacial score (nSPS) is 16.5. The molecule has 0 aliphatic carbocycles. The van der Waals surface area contributed by atoms with Gasteiger partial charge >= 0.3 is 12.1 Å². The molecule has 0 saturated carbocycles. The number of thioether (sulfide) groups is 1. The molecule has 0 aromatic heterocycles. The van der Waals surface area contributed by atoms with E-state index < -0.39 is 18.1 Å². The molecule has 7 heteroatoms. The number of rotatable bonds is 7. The zero-order valence-electron chi connectivity index (χ0n) is 12.9. The molecule has 1 heterocycles. The third-order valence-electron chi connectivity index (χ3n) is 3.64. The Kier molecular flexibility index (Phi) is 7.22. The predicted molar refractivity (Wildman–Crippen MR) is 89.6 cm³/mol. The molecular weight excluding hydrogens is 316 g/mol. The Morgan fingerprint density at radius 3 is 2.61 bits per heavy atom. The molecule has 1 aromatic rings. The van der Waals surface area contributed by atoms with Crippen molar-refractivity contribution >= 4 is 23.8 Å². The fourth-order valence-corrected chi connectivity index (χ4v) is 3.28. The summed E-state index contributed by atoms with van der Waals surface area (Å²) in [4.78, 5) is 25.3. The van der Waals surface area contributed by atoms with Crippen LogP contribution < -0.4 is 5.32 Å². The van der Waals surface area contributed by atoms with E-state index in [9.17, 15) is 14.7 Å². The van der Waals surface area contributed by atoms with Gasteiger partial charge in [0.25, 0.3) is 0 Å². The third-order valence-corrected chi connectivity index (χ3v) is 4.58. The van der Waals surface area contributed by atoms with Crippen LogP contribution in [-0.2, 0) is 16.1 Å². The number of carboxylic acid groups (broad SMARTS) is 1. The average Bonchev–Trinajstić information content (AvgIpc) is 2.58.